The summed E-state index contributed by atoms with van der Waals surface area (Å²) < 4.78 is 11.3. The van der Waals surface area contributed by atoms with E-state index >= 15 is 0 Å². The van der Waals surface area contributed by atoms with E-state index in [9.17, 15) is 9.59 Å². The lowest BCUT2D eigenvalue weighted by Gasteiger charge is -2.35. The molecule has 10 heteroatoms. The number of aromatic nitrogens is 2. The van der Waals surface area contributed by atoms with Crippen molar-refractivity contribution in [3.8, 4) is 5.75 Å². The van der Waals surface area contributed by atoms with E-state index in [1.165, 1.54) is 0 Å². The number of hydrogen-bond acceptors (Lipinski definition) is 8. The van der Waals surface area contributed by atoms with Gasteiger partial charge in [-0.05, 0) is 45.5 Å². The van der Waals surface area contributed by atoms with Crippen molar-refractivity contribution in [1.29, 1.82) is 0 Å². The number of carbonyl (C=O) groups excluding carboxylic acids is 2. The Bertz CT molecular complexity index is 1020. The second kappa shape index (κ2) is 11.1. The first-order valence-corrected chi connectivity index (χ1v) is 12.4. The molecule has 1 aromatic carbocycles. The van der Waals surface area contributed by atoms with Crippen molar-refractivity contribution in [3.05, 3.63) is 47.8 Å². The van der Waals surface area contributed by atoms with Gasteiger partial charge in [0.2, 0.25) is 5.95 Å². The summed E-state index contributed by atoms with van der Waals surface area (Å²) in [6.07, 6.45) is 3.03. The van der Waals surface area contributed by atoms with E-state index in [4.69, 9.17) is 9.47 Å². The Labute approximate surface area is 212 Å². The number of nitrogens with zero attached hydrogens (tertiary/aromatic N) is 6. The number of piperazine rings is 2. The first-order chi connectivity index (χ1) is 17.2. The average Bonchev–Trinajstić information content (AvgIpc) is 2.87. The molecule has 0 saturated carbocycles. The van der Waals surface area contributed by atoms with E-state index in [-0.39, 0.29) is 12.0 Å². The van der Waals surface area contributed by atoms with Crippen LogP contribution in [0.2, 0.25) is 0 Å². The van der Waals surface area contributed by atoms with Gasteiger partial charge in [0, 0.05) is 57.9 Å². The highest BCUT2D eigenvalue weighted by Crippen LogP contribution is 2.18. The van der Waals surface area contributed by atoms with Gasteiger partial charge in [-0.25, -0.2) is 14.8 Å². The molecule has 2 aromatic rings. The first kappa shape index (κ1) is 25.7. The van der Waals surface area contributed by atoms with Crippen LogP contribution in [0.15, 0.2) is 36.7 Å². The van der Waals surface area contributed by atoms with Crippen LogP contribution in [0.3, 0.4) is 0 Å². The van der Waals surface area contributed by atoms with E-state index in [0.717, 1.165) is 31.7 Å². The monoisotopic (exact) mass is 496 g/mol. The maximum Gasteiger partial charge on any atom is 0.410 e. The van der Waals surface area contributed by atoms with Crippen molar-refractivity contribution in [2.75, 3.05) is 64.3 Å². The number of ether oxygens (including phenoxy) is 2. The number of hydrogen-bond donors (Lipinski definition) is 0. The van der Waals surface area contributed by atoms with Gasteiger partial charge in [0.25, 0.3) is 5.91 Å². The van der Waals surface area contributed by atoms with Gasteiger partial charge in [-0.15, -0.1) is 0 Å². The number of rotatable bonds is 5. The fourth-order valence-corrected chi connectivity index (χ4v) is 4.07. The van der Waals surface area contributed by atoms with Gasteiger partial charge in [0.05, 0.1) is 12.4 Å². The van der Waals surface area contributed by atoms with Crippen LogP contribution in [0.1, 0.15) is 36.7 Å². The zero-order chi connectivity index (χ0) is 25.7. The molecule has 3 heterocycles. The summed E-state index contributed by atoms with van der Waals surface area (Å²) in [5.74, 6) is 1.26. The fourth-order valence-electron chi connectivity index (χ4n) is 4.07. The third-order valence-electron chi connectivity index (χ3n) is 6.23. The second-order valence-electron chi connectivity index (χ2n) is 10.3. The highest BCUT2D eigenvalue weighted by molar-refractivity contribution is 5.94. The molecule has 2 saturated heterocycles. The van der Waals surface area contributed by atoms with Gasteiger partial charge < -0.3 is 29.1 Å². The van der Waals surface area contributed by atoms with Crippen molar-refractivity contribution in [1.82, 2.24) is 24.7 Å². The molecule has 0 atom stereocenters. The quantitative estimate of drug-likeness (QED) is 0.624. The molecule has 36 heavy (non-hydrogen) atoms. The minimum atomic E-state index is -0.503. The van der Waals surface area contributed by atoms with E-state index in [1.807, 2.05) is 54.8 Å². The molecule has 2 aliphatic heterocycles. The molecule has 0 radical (unpaired) electrons. The minimum Gasteiger partial charge on any atom is -0.486 e. The normalized spacial score (nSPS) is 17.2. The van der Waals surface area contributed by atoms with Gasteiger partial charge >= 0.3 is 6.09 Å². The summed E-state index contributed by atoms with van der Waals surface area (Å²) in [5, 5.41) is 0. The van der Waals surface area contributed by atoms with Crippen LogP contribution < -0.4 is 9.64 Å². The van der Waals surface area contributed by atoms with Crippen LogP contribution in [0.5, 0.6) is 5.75 Å². The molecular weight excluding hydrogens is 460 g/mol. The standard InChI is InChI=1S/C26H36N6O4/c1-26(2,3)36-25(34)32-15-13-31(14-16-32)24-27-17-22(18-28-24)35-19-20-5-7-21(8-6-20)23(33)30-11-9-29(4)10-12-30/h5-8,17-18H,9-16,19H2,1-4H3. The lowest BCUT2D eigenvalue weighted by Crippen LogP contribution is -2.50. The zero-order valence-corrected chi connectivity index (χ0v) is 21.6. The van der Waals surface area contributed by atoms with E-state index in [0.29, 0.717) is 50.0 Å². The molecule has 0 N–H and O–H groups in total. The molecule has 10 nitrogen and oxygen atoms in total. The number of amides is 2. The maximum absolute atomic E-state index is 12.7. The summed E-state index contributed by atoms with van der Waals surface area (Å²) in [6, 6.07) is 7.55. The number of carbonyl (C=O) groups is 2. The van der Waals surface area contributed by atoms with E-state index < -0.39 is 5.60 Å². The Kier molecular flexibility index (Phi) is 7.93. The summed E-state index contributed by atoms with van der Waals surface area (Å²) >= 11 is 0. The van der Waals surface area contributed by atoms with E-state index in [2.05, 4.69) is 21.9 Å². The Morgan fingerprint density at radius 1 is 0.861 bits per heavy atom. The lowest BCUT2D eigenvalue weighted by atomic mass is 10.1. The Hall–Kier alpha value is -3.40. The third-order valence-corrected chi connectivity index (χ3v) is 6.23. The highest BCUT2D eigenvalue weighted by Gasteiger charge is 2.26. The fraction of sp³-hybridized carbons (Fsp3) is 0.538. The molecule has 2 amide bonds. The van der Waals surface area contributed by atoms with Crippen molar-refractivity contribution >= 4 is 17.9 Å². The smallest absolute Gasteiger partial charge is 0.410 e. The molecular formula is C26H36N6O4. The summed E-state index contributed by atoms with van der Waals surface area (Å²) in [5.41, 5.74) is 1.16. The van der Waals surface area contributed by atoms with Crippen LogP contribution in [0.4, 0.5) is 10.7 Å². The van der Waals surface area contributed by atoms with Crippen LogP contribution in [-0.2, 0) is 11.3 Å². The minimum absolute atomic E-state index is 0.0754. The average molecular weight is 497 g/mol. The molecule has 0 bridgehead atoms. The molecule has 194 valence electrons. The first-order valence-electron chi connectivity index (χ1n) is 12.4. The maximum atomic E-state index is 12.7. The van der Waals surface area contributed by atoms with Crippen molar-refractivity contribution in [2.24, 2.45) is 0 Å². The second-order valence-corrected chi connectivity index (χ2v) is 10.3. The number of anilines is 1. The summed E-state index contributed by atoms with van der Waals surface area (Å²) in [4.78, 5) is 41.7. The third kappa shape index (κ3) is 6.84. The van der Waals surface area contributed by atoms with Gasteiger partial charge in [-0.3, -0.25) is 4.79 Å². The van der Waals surface area contributed by atoms with Crippen molar-refractivity contribution < 1.29 is 19.1 Å². The van der Waals surface area contributed by atoms with E-state index in [1.54, 1.807) is 17.3 Å². The predicted molar refractivity (Wildman–Crippen MR) is 136 cm³/mol. The largest absolute Gasteiger partial charge is 0.486 e. The molecule has 0 spiro atoms. The van der Waals surface area contributed by atoms with Crippen molar-refractivity contribution in [2.45, 2.75) is 33.0 Å². The van der Waals surface area contributed by atoms with Gasteiger partial charge in [-0.1, -0.05) is 12.1 Å². The SMILES string of the molecule is CN1CCN(C(=O)c2ccc(COc3cnc(N4CCN(C(=O)OC(C)(C)C)CC4)nc3)cc2)CC1. The highest BCUT2D eigenvalue weighted by atomic mass is 16.6. The summed E-state index contributed by atoms with van der Waals surface area (Å²) in [7, 11) is 2.07. The number of benzene rings is 1. The lowest BCUT2D eigenvalue weighted by molar-refractivity contribution is 0.0240. The molecule has 4 rings (SSSR count). The molecule has 1 aromatic heterocycles. The number of likely N-dealkylation sites (N-methyl/N-ethyl adjacent to an activating group) is 1. The van der Waals surface area contributed by atoms with Crippen molar-refractivity contribution in [3.63, 3.8) is 0 Å². The topological polar surface area (TPSA) is 91.3 Å². The molecule has 0 unspecified atom stereocenters. The van der Waals surface area contributed by atoms with Gasteiger partial charge in [-0.2, -0.15) is 0 Å². The molecule has 0 aliphatic carbocycles. The van der Waals surface area contributed by atoms with Crippen LogP contribution >= 0.6 is 0 Å². The predicted octanol–water partition coefficient (Wildman–Crippen LogP) is 2.50. The molecule has 2 fully saturated rings. The van der Waals surface area contributed by atoms with Gasteiger partial charge in [0.15, 0.2) is 5.75 Å². The Balaban J connectivity index is 1.23. The summed E-state index contributed by atoms with van der Waals surface area (Å²) in [6.45, 7) is 11.7. The van der Waals surface area contributed by atoms with Gasteiger partial charge in [0.1, 0.15) is 12.2 Å². The Morgan fingerprint density at radius 3 is 2.03 bits per heavy atom. The molecule has 2 aliphatic rings. The van der Waals surface area contributed by atoms with Crippen LogP contribution in [-0.4, -0.2) is 102 Å². The Morgan fingerprint density at radius 2 is 1.44 bits per heavy atom. The van der Waals surface area contributed by atoms with Crippen LogP contribution in [0, 0.1) is 0 Å². The van der Waals surface area contributed by atoms with Crippen LogP contribution in [0.25, 0.3) is 0 Å². The zero-order valence-electron chi connectivity index (χ0n) is 21.6.